The molecule has 0 amide bonds. The van der Waals surface area contributed by atoms with Crippen LogP contribution in [0.4, 0.5) is 0 Å². The van der Waals surface area contributed by atoms with Crippen molar-refractivity contribution in [2.45, 2.75) is 6.42 Å². The van der Waals surface area contributed by atoms with Crippen molar-refractivity contribution in [2.75, 3.05) is 7.11 Å². The highest BCUT2D eigenvalue weighted by Crippen LogP contribution is 2.19. The van der Waals surface area contributed by atoms with E-state index in [9.17, 15) is 4.79 Å². The maximum atomic E-state index is 10.7. The van der Waals surface area contributed by atoms with Gasteiger partial charge in [-0.15, -0.1) is 0 Å². The van der Waals surface area contributed by atoms with E-state index in [1.54, 1.807) is 0 Å². The number of halogens is 1. The van der Waals surface area contributed by atoms with Crippen LogP contribution in [0.25, 0.3) is 0 Å². The molecule has 0 fully saturated rings. The van der Waals surface area contributed by atoms with Crippen LogP contribution in [0.1, 0.15) is 6.42 Å². The van der Waals surface area contributed by atoms with Gasteiger partial charge < -0.3 is 9.47 Å². The van der Waals surface area contributed by atoms with Crippen LogP contribution in [0.5, 0.6) is 0 Å². The molecule has 0 bridgehead atoms. The van der Waals surface area contributed by atoms with E-state index in [1.165, 1.54) is 18.7 Å². The van der Waals surface area contributed by atoms with Gasteiger partial charge >= 0.3 is 5.97 Å². The zero-order valence-electron chi connectivity index (χ0n) is 5.96. The fourth-order valence-electron chi connectivity index (χ4n) is 0.741. The second-order valence-corrected chi connectivity index (χ2v) is 2.21. The van der Waals surface area contributed by atoms with E-state index in [4.69, 9.17) is 21.1 Å². The first-order chi connectivity index (χ1) is 5.26. The Morgan fingerprint density at radius 1 is 1.82 bits per heavy atom. The second-order valence-electron chi connectivity index (χ2n) is 1.99. The van der Waals surface area contributed by atoms with Crippen LogP contribution in [-0.2, 0) is 14.3 Å². The minimum atomic E-state index is -0.444. The van der Waals surface area contributed by atoms with Gasteiger partial charge in [0.1, 0.15) is 11.5 Å². The molecule has 0 spiro atoms. The third-order valence-corrected chi connectivity index (χ3v) is 1.49. The smallest absolute Gasteiger partial charge is 0.339 e. The van der Waals surface area contributed by atoms with Crippen LogP contribution in [0, 0.1) is 0 Å². The van der Waals surface area contributed by atoms with Crippen molar-refractivity contribution >= 4 is 17.6 Å². The first-order valence-electron chi connectivity index (χ1n) is 3.02. The van der Waals surface area contributed by atoms with Gasteiger partial charge in [-0.25, -0.2) is 4.79 Å². The number of carbonyl (C=O) groups is 1. The third kappa shape index (κ3) is 1.98. The molecule has 60 valence electrons. The molecule has 0 atom stereocenters. The molecule has 0 aromatic carbocycles. The van der Waals surface area contributed by atoms with Gasteiger partial charge in [0.2, 0.25) is 0 Å². The Morgan fingerprint density at radius 2 is 2.55 bits per heavy atom. The van der Waals surface area contributed by atoms with Crippen molar-refractivity contribution < 1.29 is 14.3 Å². The Kier molecular flexibility index (Phi) is 2.54. The summed E-state index contributed by atoms with van der Waals surface area (Å²) < 4.78 is 9.56. The molecule has 0 radical (unpaired) electrons. The Balaban J connectivity index is 2.77. The fourth-order valence-corrected chi connectivity index (χ4v) is 0.863. The number of hydrogen-bond acceptors (Lipinski definition) is 3. The summed E-state index contributed by atoms with van der Waals surface area (Å²) in [6.07, 6.45) is 1.73. The van der Waals surface area contributed by atoms with E-state index < -0.39 is 5.97 Å². The zero-order chi connectivity index (χ0) is 8.27. The Hall–Kier alpha value is -0.960. The average Bonchev–Trinajstić information content (AvgIpc) is 2.03. The predicted octanol–water partition coefficient (Wildman–Crippen LogP) is 1.54. The molecule has 3 nitrogen and oxygen atoms in total. The highest BCUT2D eigenvalue weighted by atomic mass is 35.5. The number of carbonyl (C=O) groups excluding carboxylic acids is 1. The van der Waals surface area contributed by atoms with Gasteiger partial charge in [-0.2, -0.15) is 0 Å². The van der Waals surface area contributed by atoms with Gasteiger partial charge in [0.25, 0.3) is 0 Å². The quantitative estimate of drug-likeness (QED) is 0.566. The first-order valence-corrected chi connectivity index (χ1v) is 3.45. The largest absolute Gasteiger partial charge is 0.500 e. The van der Waals surface area contributed by atoms with Crippen LogP contribution in [0.2, 0.25) is 0 Å². The summed E-state index contributed by atoms with van der Waals surface area (Å²) in [6.45, 7) is 0. The highest BCUT2D eigenvalue weighted by molar-refractivity contribution is 6.25. The SMILES string of the molecule is COC1=CC(=O)O/C(=C\Cl)C1. The van der Waals surface area contributed by atoms with Crippen molar-refractivity contribution in [2.24, 2.45) is 0 Å². The fraction of sp³-hybridized carbons (Fsp3) is 0.286. The van der Waals surface area contributed by atoms with E-state index in [2.05, 4.69) is 0 Å². The van der Waals surface area contributed by atoms with E-state index in [-0.39, 0.29) is 0 Å². The van der Waals surface area contributed by atoms with Crippen molar-refractivity contribution in [3.63, 3.8) is 0 Å². The molecule has 11 heavy (non-hydrogen) atoms. The average molecular weight is 175 g/mol. The first kappa shape index (κ1) is 8.14. The highest BCUT2D eigenvalue weighted by Gasteiger charge is 2.15. The lowest BCUT2D eigenvalue weighted by molar-refractivity contribution is -0.135. The van der Waals surface area contributed by atoms with Crippen molar-refractivity contribution in [3.05, 3.63) is 23.1 Å². The van der Waals surface area contributed by atoms with Gasteiger partial charge in [0.15, 0.2) is 0 Å². The predicted molar refractivity (Wildman–Crippen MR) is 39.7 cm³/mol. The molecule has 0 saturated carbocycles. The molecule has 0 aromatic heterocycles. The summed E-state index contributed by atoms with van der Waals surface area (Å²) in [5, 5.41) is 0. The lowest BCUT2D eigenvalue weighted by Crippen LogP contribution is -2.09. The minimum Gasteiger partial charge on any atom is -0.500 e. The summed E-state index contributed by atoms with van der Waals surface area (Å²) in [5.74, 6) is 0.532. The van der Waals surface area contributed by atoms with Crippen LogP contribution in [0.3, 0.4) is 0 Å². The molecular weight excluding hydrogens is 168 g/mol. The number of esters is 1. The standard InChI is InChI=1S/C7H7ClO3/c1-10-5-2-6(4-8)11-7(9)3-5/h3-4H,2H2,1H3/b6-4-. The second kappa shape index (κ2) is 3.44. The van der Waals surface area contributed by atoms with Crippen LogP contribution in [0.15, 0.2) is 23.1 Å². The molecule has 4 heteroatoms. The molecule has 1 rings (SSSR count). The van der Waals surface area contributed by atoms with Gasteiger partial charge in [-0.05, 0) is 0 Å². The summed E-state index contributed by atoms with van der Waals surface area (Å²) in [5.41, 5.74) is 1.23. The molecule has 0 unspecified atom stereocenters. The number of ether oxygens (including phenoxy) is 2. The summed E-state index contributed by atoms with van der Waals surface area (Å²) in [6, 6.07) is 0. The van der Waals surface area contributed by atoms with E-state index in [0.29, 0.717) is 17.9 Å². The zero-order valence-corrected chi connectivity index (χ0v) is 6.72. The Labute approximate surface area is 69.2 Å². The monoisotopic (exact) mass is 174 g/mol. The van der Waals surface area contributed by atoms with E-state index in [1.807, 2.05) is 0 Å². The maximum absolute atomic E-state index is 10.7. The van der Waals surface area contributed by atoms with E-state index in [0.717, 1.165) is 0 Å². The van der Waals surface area contributed by atoms with Crippen LogP contribution >= 0.6 is 11.6 Å². The molecule has 1 aliphatic rings. The number of cyclic esters (lactones) is 1. The Bertz CT molecular complexity index is 230. The normalized spacial score (nSPS) is 21.1. The number of hydrogen-bond donors (Lipinski definition) is 0. The van der Waals surface area contributed by atoms with Crippen LogP contribution in [-0.4, -0.2) is 13.1 Å². The lowest BCUT2D eigenvalue weighted by atomic mass is 10.2. The maximum Gasteiger partial charge on any atom is 0.339 e. The van der Waals surface area contributed by atoms with Gasteiger partial charge in [0, 0.05) is 5.54 Å². The minimum absolute atomic E-state index is 0.413. The van der Waals surface area contributed by atoms with Crippen molar-refractivity contribution in [1.82, 2.24) is 0 Å². The van der Waals surface area contributed by atoms with Crippen molar-refractivity contribution in [1.29, 1.82) is 0 Å². The van der Waals surface area contributed by atoms with Crippen molar-refractivity contribution in [3.8, 4) is 0 Å². The summed E-state index contributed by atoms with van der Waals surface area (Å²) >= 11 is 5.35. The summed E-state index contributed by atoms with van der Waals surface area (Å²) in [4.78, 5) is 10.7. The van der Waals surface area contributed by atoms with Gasteiger partial charge in [0.05, 0.1) is 19.6 Å². The van der Waals surface area contributed by atoms with Gasteiger partial charge in [-0.1, -0.05) is 11.6 Å². The summed E-state index contributed by atoms with van der Waals surface area (Å²) in [7, 11) is 1.50. The lowest BCUT2D eigenvalue weighted by Gasteiger charge is -2.13. The molecular formula is C7H7ClO3. The third-order valence-electron chi connectivity index (χ3n) is 1.24. The Morgan fingerprint density at radius 3 is 3.09 bits per heavy atom. The number of rotatable bonds is 1. The number of methoxy groups -OCH3 is 1. The molecule has 0 N–H and O–H groups in total. The topological polar surface area (TPSA) is 35.5 Å². The molecule has 0 saturated heterocycles. The molecule has 1 heterocycles. The molecule has 0 aliphatic carbocycles. The van der Waals surface area contributed by atoms with Gasteiger partial charge in [-0.3, -0.25) is 0 Å². The molecule has 0 aromatic rings. The van der Waals surface area contributed by atoms with Crippen LogP contribution < -0.4 is 0 Å². The molecule has 1 aliphatic heterocycles. The van der Waals surface area contributed by atoms with E-state index >= 15 is 0 Å².